The fourth-order valence-electron chi connectivity index (χ4n) is 3.31. The molecule has 0 fully saturated rings. The molecule has 0 atom stereocenters. The van der Waals surface area contributed by atoms with E-state index in [4.69, 9.17) is 5.11 Å². The van der Waals surface area contributed by atoms with E-state index in [1.165, 1.54) is 83.5 Å². The minimum atomic E-state index is -0.870. The molecule has 26 heavy (non-hydrogen) atoms. The number of anilines is 1. The second-order valence-corrected chi connectivity index (χ2v) is 7.41. The Balaban J connectivity index is 1.85. The van der Waals surface area contributed by atoms with Gasteiger partial charge in [-0.25, -0.2) is 4.79 Å². The second-order valence-electron chi connectivity index (χ2n) is 7.41. The summed E-state index contributed by atoms with van der Waals surface area (Å²) in [6.07, 6.45) is 19.1. The van der Waals surface area contributed by atoms with Crippen LogP contribution in [-0.2, 0) is 0 Å². The zero-order chi connectivity index (χ0) is 18.9. The molecule has 1 rings (SSSR count). The first kappa shape index (κ1) is 22.5. The fraction of sp³-hybridized carbons (Fsp3) is 0.696. The molecule has 0 aliphatic heterocycles. The number of hydrogen-bond donors (Lipinski definition) is 2. The average Bonchev–Trinajstić information content (AvgIpc) is 2.65. The zero-order valence-electron chi connectivity index (χ0n) is 16.8. The summed E-state index contributed by atoms with van der Waals surface area (Å²) in [7, 11) is 0. The van der Waals surface area contributed by atoms with Gasteiger partial charge in [-0.2, -0.15) is 0 Å². The van der Waals surface area contributed by atoms with Gasteiger partial charge in [0.05, 0.1) is 5.56 Å². The van der Waals surface area contributed by atoms with Crippen LogP contribution in [0.3, 0.4) is 0 Å². The third-order valence-electron chi connectivity index (χ3n) is 4.97. The summed E-state index contributed by atoms with van der Waals surface area (Å²) in [6, 6.07) is 7.04. The van der Waals surface area contributed by atoms with Gasteiger partial charge in [-0.1, -0.05) is 96.5 Å². The molecular weight excluding hydrogens is 322 g/mol. The largest absolute Gasteiger partial charge is 0.478 e. The van der Waals surface area contributed by atoms with Gasteiger partial charge in [0.1, 0.15) is 0 Å². The molecule has 148 valence electrons. The van der Waals surface area contributed by atoms with Crippen molar-refractivity contribution in [2.75, 3.05) is 11.9 Å². The third-order valence-corrected chi connectivity index (χ3v) is 4.97. The molecule has 3 nitrogen and oxygen atoms in total. The van der Waals surface area contributed by atoms with Crippen LogP contribution in [-0.4, -0.2) is 17.6 Å². The van der Waals surface area contributed by atoms with E-state index < -0.39 is 5.97 Å². The van der Waals surface area contributed by atoms with Crippen molar-refractivity contribution >= 4 is 11.7 Å². The molecular formula is C23H39NO2. The first-order valence-corrected chi connectivity index (χ1v) is 10.8. The van der Waals surface area contributed by atoms with Crippen LogP contribution in [0.15, 0.2) is 24.3 Å². The van der Waals surface area contributed by atoms with Crippen molar-refractivity contribution in [2.24, 2.45) is 0 Å². The summed E-state index contributed by atoms with van der Waals surface area (Å²) in [5, 5.41) is 12.3. The topological polar surface area (TPSA) is 49.3 Å². The fourth-order valence-corrected chi connectivity index (χ4v) is 3.31. The van der Waals surface area contributed by atoms with Crippen molar-refractivity contribution in [3.63, 3.8) is 0 Å². The van der Waals surface area contributed by atoms with Crippen LogP contribution in [0.1, 0.15) is 107 Å². The molecule has 0 heterocycles. The lowest BCUT2D eigenvalue weighted by Gasteiger charge is -2.07. The SMILES string of the molecule is CCCCCCCCCCCCCCCCNc1cccc(C(=O)O)c1. The molecule has 0 saturated heterocycles. The lowest BCUT2D eigenvalue weighted by Crippen LogP contribution is -2.03. The highest BCUT2D eigenvalue weighted by atomic mass is 16.4. The van der Waals surface area contributed by atoms with Gasteiger partial charge in [-0.05, 0) is 24.6 Å². The number of rotatable bonds is 17. The third kappa shape index (κ3) is 11.9. The van der Waals surface area contributed by atoms with Crippen molar-refractivity contribution < 1.29 is 9.90 Å². The summed E-state index contributed by atoms with van der Waals surface area (Å²) in [5.74, 6) is -0.870. The maximum absolute atomic E-state index is 10.9. The molecule has 0 aliphatic rings. The van der Waals surface area contributed by atoms with Crippen molar-refractivity contribution in [3.05, 3.63) is 29.8 Å². The van der Waals surface area contributed by atoms with E-state index in [0.29, 0.717) is 5.56 Å². The number of benzene rings is 1. The first-order chi connectivity index (χ1) is 12.7. The lowest BCUT2D eigenvalue weighted by molar-refractivity contribution is 0.0697. The van der Waals surface area contributed by atoms with Gasteiger partial charge in [0.25, 0.3) is 0 Å². The summed E-state index contributed by atoms with van der Waals surface area (Å²) in [5.41, 5.74) is 1.25. The number of carbonyl (C=O) groups is 1. The smallest absolute Gasteiger partial charge is 0.335 e. The number of carboxylic acid groups (broad SMARTS) is 1. The molecule has 1 aromatic carbocycles. The van der Waals surface area contributed by atoms with Crippen LogP contribution < -0.4 is 5.32 Å². The minimum absolute atomic E-state index is 0.343. The molecule has 0 aliphatic carbocycles. The normalized spacial score (nSPS) is 10.8. The van der Waals surface area contributed by atoms with E-state index in [-0.39, 0.29) is 0 Å². The van der Waals surface area contributed by atoms with Crippen molar-refractivity contribution in [2.45, 2.75) is 96.8 Å². The number of aromatic carboxylic acids is 1. The van der Waals surface area contributed by atoms with E-state index in [1.54, 1.807) is 18.2 Å². The van der Waals surface area contributed by atoms with Crippen LogP contribution in [0.5, 0.6) is 0 Å². The molecule has 0 saturated carbocycles. The van der Waals surface area contributed by atoms with Gasteiger partial charge in [-0.3, -0.25) is 0 Å². The molecule has 0 radical (unpaired) electrons. The highest BCUT2D eigenvalue weighted by Gasteiger charge is 2.02. The number of nitrogens with one attached hydrogen (secondary N) is 1. The lowest BCUT2D eigenvalue weighted by atomic mass is 10.0. The summed E-state index contributed by atoms with van der Waals surface area (Å²) in [4.78, 5) is 10.9. The second kappa shape index (κ2) is 15.7. The molecule has 3 heteroatoms. The van der Waals surface area contributed by atoms with Gasteiger partial charge in [0.15, 0.2) is 0 Å². The molecule has 0 spiro atoms. The standard InChI is InChI=1S/C23H39NO2/c1-2-3-4-5-6-7-8-9-10-11-12-13-14-15-19-24-22-18-16-17-21(20-22)23(25)26/h16-18,20,24H,2-15,19H2,1H3,(H,25,26). The van der Waals surface area contributed by atoms with E-state index in [2.05, 4.69) is 12.2 Å². The van der Waals surface area contributed by atoms with E-state index in [0.717, 1.165) is 18.7 Å². The van der Waals surface area contributed by atoms with Crippen molar-refractivity contribution in [3.8, 4) is 0 Å². The Morgan fingerprint density at radius 3 is 1.81 bits per heavy atom. The Bertz CT molecular complexity index is 473. The molecule has 1 aromatic rings. The summed E-state index contributed by atoms with van der Waals surface area (Å²) >= 11 is 0. The monoisotopic (exact) mass is 361 g/mol. The van der Waals surface area contributed by atoms with Crippen molar-refractivity contribution in [1.29, 1.82) is 0 Å². The van der Waals surface area contributed by atoms with Gasteiger partial charge in [0.2, 0.25) is 0 Å². The van der Waals surface area contributed by atoms with Crippen molar-refractivity contribution in [1.82, 2.24) is 0 Å². The van der Waals surface area contributed by atoms with Gasteiger partial charge >= 0.3 is 5.97 Å². The van der Waals surface area contributed by atoms with Crippen LogP contribution in [0.2, 0.25) is 0 Å². The highest BCUT2D eigenvalue weighted by Crippen LogP contribution is 2.14. The number of carboxylic acids is 1. The molecule has 0 aromatic heterocycles. The van der Waals surface area contributed by atoms with Gasteiger partial charge < -0.3 is 10.4 Å². The first-order valence-electron chi connectivity index (χ1n) is 10.8. The molecule has 0 bridgehead atoms. The van der Waals surface area contributed by atoms with Crippen LogP contribution in [0.4, 0.5) is 5.69 Å². The molecule has 2 N–H and O–H groups in total. The average molecular weight is 362 g/mol. The summed E-state index contributed by atoms with van der Waals surface area (Å²) in [6.45, 7) is 3.19. The van der Waals surface area contributed by atoms with E-state index in [9.17, 15) is 4.79 Å². The number of hydrogen-bond acceptors (Lipinski definition) is 2. The van der Waals surface area contributed by atoms with Gasteiger partial charge in [-0.15, -0.1) is 0 Å². The zero-order valence-corrected chi connectivity index (χ0v) is 16.8. The van der Waals surface area contributed by atoms with Crippen LogP contribution >= 0.6 is 0 Å². The highest BCUT2D eigenvalue weighted by molar-refractivity contribution is 5.88. The maximum atomic E-state index is 10.9. The Morgan fingerprint density at radius 2 is 1.31 bits per heavy atom. The predicted octanol–water partition coefficient (Wildman–Crippen LogP) is 7.28. The van der Waals surface area contributed by atoms with Gasteiger partial charge in [0, 0.05) is 12.2 Å². The quantitative estimate of drug-likeness (QED) is 0.287. The Labute approximate surface area is 160 Å². The summed E-state index contributed by atoms with van der Waals surface area (Å²) < 4.78 is 0. The number of unbranched alkanes of at least 4 members (excludes halogenated alkanes) is 13. The Hall–Kier alpha value is -1.51. The Kier molecular flexibility index (Phi) is 13.6. The minimum Gasteiger partial charge on any atom is -0.478 e. The molecule has 0 amide bonds. The maximum Gasteiger partial charge on any atom is 0.335 e. The predicted molar refractivity (Wildman–Crippen MR) is 112 cm³/mol. The Morgan fingerprint density at radius 1 is 0.808 bits per heavy atom. The van der Waals surface area contributed by atoms with Crippen LogP contribution in [0.25, 0.3) is 0 Å². The van der Waals surface area contributed by atoms with E-state index >= 15 is 0 Å². The van der Waals surface area contributed by atoms with Crippen LogP contribution in [0, 0.1) is 0 Å². The van der Waals surface area contributed by atoms with E-state index in [1.807, 2.05) is 6.07 Å². The molecule has 0 unspecified atom stereocenters.